The number of pyridine rings is 1. The van der Waals surface area contributed by atoms with Crippen LogP contribution in [0.25, 0.3) is 27.8 Å². The summed E-state index contributed by atoms with van der Waals surface area (Å²) in [7, 11) is 0. The van der Waals surface area contributed by atoms with Crippen molar-refractivity contribution in [2.75, 3.05) is 0 Å². The molecule has 0 spiro atoms. The normalized spacial score (nSPS) is 11.2. The van der Waals surface area contributed by atoms with Crippen molar-refractivity contribution in [3.8, 4) is 11.3 Å². The van der Waals surface area contributed by atoms with Crippen LogP contribution in [0.4, 0.5) is 0 Å². The highest BCUT2D eigenvalue weighted by atomic mass is 15.0. The minimum Gasteiger partial charge on any atom is -0.313 e. The molecule has 0 saturated heterocycles. The summed E-state index contributed by atoms with van der Waals surface area (Å²) in [5, 5.41) is 0. The molecule has 1 aromatic carbocycles. The highest BCUT2D eigenvalue weighted by Gasteiger charge is 2.14. The SMILES string of the molecule is Cc1c2ncnc(-c3ccccc3)c2n2ccccc12. The van der Waals surface area contributed by atoms with Crippen LogP contribution < -0.4 is 0 Å². The number of benzene rings is 1. The van der Waals surface area contributed by atoms with Crippen molar-refractivity contribution in [3.63, 3.8) is 0 Å². The highest BCUT2D eigenvalue weighted by molar-refractivity contribution is 5.97. The molecule has 0 aliphatic carbocycles. The predicted octanol–water partition coefficient (Wildman–Crippen LogP) is 3.86. The number of nitrogens with zero attached hydrogens (tertiary/aromatic N) is 3. The molecular weight excluding hydrogens is 246 g/mol. The molecule has 4 rings (SSSR count). The Morgan fingerprint density at radius 3 is 2.55 bits per heavy atom. The second-order valence-electron chi connectivity index (χ2n) is 4.87. The van der Waals surface area contributed by atoms with Gasteiger partial charge in [-0.25, -0.2) is 9.97 Å². The van der Waals surface area contributed by atoms with Gasteiger partial charge in [-0.2, -0.15) is 0 Å². The lowest BCUT2D eigenvalue weighted by atomic mass is 10.1. The molecule has 4 aromatic rings. The maximum absolute atomic E-state index is 4.51. The lowest BCUT2D eigenvalue weighted by Gasteiger charge is -2.03. The fourth-order valence-corrected chi connectivity index (χ4v) is 2.75. The smallest absolute Gasteiger partial charge is 0.116 e. The second kappa shape index (κ2) is 4.17. The molecule has 0 unspecified atom stereocenters. The van der Waals surface area contributed by atoms with Crippen LogP contribution in [0.5, 0.6) is 0 Å². The van der Waals surface area contributed by atoms with E-state index in [-0.39, 0.29) is 0 Å². The molecule has 0 amide bonds. The van der Waals surface area contributed by atoms with Gasteiger partial charge in [0.25, 0.3) is 0 Å². The molecule has 3 heteroatoms. The summed E-state index contributed by atoms with van der Waals surface area (Å²) >= 11 is 0. The highest BCUT2D eigenvalue weighted by Crippen LogP contribution is 2.30. The van der Waals surface area contributed by atoms with Gasteiger partial charge in [-0.15, -0.1) is 0 Å². The average Bonchev–Trinajstić information content (AvgIpc) is 2.82. The van der Waals surface area contributed by atoms with Crippen LogP contribution in [-0.4, -0.2) is 14.4 Å². The first-order valence-electron chi connectivity index (χ1n) is 6.62. The van der Waals surface area contributed by atoms with E-state index in [0.29, 0.717) is 0 Å². The third-order valence-electron chi connectivity index (χ3n) is 3.71. The van der Waals surface area contributed by atoms with Gasteiger partial charge in [0.2, 0.25) is 0 Å². The fraction of sp³-hybridized carbons (Fsp3) is 0.0588. The lowest BCUT2D eigenvalue weighted by Crippen LogP contribution is -1.90. The summed E-state index contributed by atoms with van der Waals surface area (Å²) in [6.45, 7) is 2.11. The van der Waals surface area contributed by atoms with Gasteiger partial charge in [0.05, 0.1) is 22.2 Å². The van der Waals surface area contributed by atoms with E-state index in [2.05, 4.69) is 51.8 Å². The quantitative estimate of drug-likeness (QED) is 0.519. The van der Waals surface area contributed by atoms with E-state index >= 15 is 0 Å². The predicted molar refractivity (Wildman–Crippen MR) is 80.7 cm³/mol. The van der Waals surface area contributed by atoms with Gasteiger partial charge in [0.1, 0.15) is 6.33 Å². The molecule has 3 nitrogen and oxygen atoms in total. The van der Waals surface area contributed by atoms with E-state index in [9.17, 15) is 0 Å². The van der Waals surface area contributed by atoms with Crippen LogP contribution >= 0.6 is 0 Å². The van der Waals surface area contributed by atoms with Gasteiger partial charge in [0, 0.05) is 17.3 Å². The second-order valence-corrected chi connectivity index (χ2v) is 4.87. The molecule has 20 heavy (non-hydrogen) atoms. The van der Waals surface area contributed by atoms with E-state index in [1.807, 2.05) is 24.3 Å². The first kappa shape index (κ1) is 11.2. The Bertz CT molecular complexity index is 907. The van der Waals surface area contributed by atoms with Crippen molar-refractivity contribution in [2.45, 2.75) is 6.92 Å². The van der Waals surface area contributed by atoms with Crippen LogP contribution in [0.2, 0.25) is 0 Å². The van der Waals surface area contributed by atoms with E-state index in [0.717, 1.165) is 22.3 Å². The largest absolute Gasteiger partial charge is 0.313 e. The van der Waals surface area contributed by atoms with Gasteiger partial charge in [-0.3, -0.25) is 0 Å². The number of fused-ring (bicyclic) bond motifs is 3. The molecule has 0 saturated carbocycles. The maximum Gasteiger partial charge on any atom is 0.116 e. The Labute approximate surface area is 116 Å². The summed E-state index contributed by atoms with van der Waals surface area (Å²) in [6, 6.07) is 16.5. The van der Waals surface area contributed by atoms with Crippen molar-refractivity contribution in [2.24, 2.45) is 0 Å². The Balaban J connectivity index is 2.21. The first-order valence-corrected chi connectivity index (χ1v) is 6.62. The van der Waals surface area contributed by atoms with E-state index in [1.54, 1.807) is 6.33 Å². The molecule has 0 aliphatic heterocycles. The number of hydrogen-bond donors (Lipinski definition) is 0. The topological polar surface area (TPSA) is 30.2 Å². The summed E-state index contributed by atoms with van der Waals surface area (Å²) in [4.78, 5) is 8.98. The monoisotopic (exact) mass is 259 g/mol. The van der Waals surface area contributed by atoms with Gasteiger partial charge in [-0.05, 0) is 19.1 Å². The van der Waals surface area contributed by atoms with E-state index in [4.69, 9.17) is 0 Å². The van der Waals surface area contributed by atoms with E-state index < -0.39 is 0 Å². The standard InChI is InChI=1S/C17H13N3/c1-12-14-9-5-6-10-20(14)17-15(12)18-11-19-16(17)13-7-3-2-4-8-13/h2-11H,1H3. The fourth-order valence-electron chi connectivity index (χ4n) is 2.75. The van der Waals surface area contributed by atoms with Crippen molar-refractivity contribution in [3.05, 3.63) is 66.6 Å². The third kappa shape index (κ3) is 1.46. The van der Waals surface area contributed by atoms with Crippen LogP contribution in [0.1, 0.15) is 5.56 Å². The molecule has 0 aliphatic rings. The van der Waals surface area contributed by atoms with Crippen molar-refractivity contribution >= 4 is 16.6 Å². The molecule has 0 fully saturated rings. The molecular formula is C17H13N3. The molecule has 3 aromatic heterocycles. The molecule has 0 atom stereocenters. The molecule has 0 N–H and O–H groups in total. The number of hydrogen-bond acceptors (Lipinski definition) is 2. The zero-order valence-corrected chi connectivity index (χ0v) is 11.1. The van der Waals surface area contributed by atoms with Gasteiger partial charge >= 0.3 is 0 Å². The average molecular weight is 259 g/mol. The van der Waals surface area contributed by atoms with Crippen LogP contribution in [-0.2, 0) is 0 Å². The zero-order chi connectivity index (χ0) is 13.5. The Kier molecular flexibility index (Phi) is 2.33. The summed E-state index contributed by atoms with van der Waals surface area (Å²) < 4.78 is 2.17. The molecule has 96 valence electrons. The molecule has 0 bridgehead atoms. The Morgan fingerprint density at radius 2 is 1.70 bits per heavy atom. The minimum atomic E-state index is 0.977. The summed E-state index contributed by atoms with van der Waals surface area (Å²) in [6.07, 6.45) is 3.72. The van der Waals surface area contributed by atoms with Gasteiger partial charge in [-0.1, -0.05) is 36.4 Å². The summed E-state index contributed by atoms with van der Waals surface area (Å²) in [5.41, 5.74) is 6.56. The lowest BCUT2D eigenvalue weighted by molar-refractivity contribution is 1.19. The van der Waals surface area contributed by atoms with Crippen LogP contribution in [0.15, 0.2) is 61.1 Å². The molecule has 0 radical (unpaired) electrons. The maximum atomic E-state index is 4.51. The van der Waals surface area contributed by atoms with Crippen LogP contribution in [0.3, 0.4) is 0 Å². The number of rotatable bonds is 1. The first-order chi connectivity index (χ1) is 9.86. The van der Waals surface area contributed by atoms with Crippen LogP contribution in [0, 0.1) is 6.92 Å². The van der Waals surface area contributed by atoms with Gasteiger partial charge in [0.15, 0.2) is 0 Å². The van der Waals surface area contributed by atoms with Crippen molar-refractivity contribution in [1.82, 2.24) is 14.4 Å². The zero-order valence-electron chi connectivity index (χ0n) is 11.1. The Hall–Kier alpha value is -2.68. The third-order valence-corrected chi connectivity index (χ3v) is 3.71. The Morgan fingerprint density at radius 1 is 0.900 bits per heavy atom. The van der Waals surface area contributed by atoms with E-state index in [1.165, 1.54) is 11.1 Å². The van der Waals surface area contributed by atoms with Crippen molar-refractivity contribution in [1.29, 1.82) is 0 Å². The molecule has 3 heterocycles. The van der Waals surface area contributed by atoms with Gasteiger partial charge < -0.3 is 4.40 Å². The minimum absolute atomic E-state index is 0.977. The number of aryl methyl sites for hydroxylation is 1. The van der Waals surface area contributed by atoms with Crippen molar-refractivity contribution < 1.29 is 0 Å². The number of aromatic nitrogens is 3. The summed E-state index contributed by atoms with van der Waals surface area (Å²) in [5.74, 6) is 0.